The Kier molecular flexibility index (Phi) is 5.07. The summed E-state index contributed by atoms with van der Waals surface area (Å²) in [6.07, 6.45) is 2.42. The molecule has 1 amide bonds. The summed E-state index contributed by atoms with van der Waals surface area (Å²) in [4.78, 5) is 24.2. The van der Waals surface area contributed by atoms with E-state index >= 15 is 0 Å². The van der Waals surface area contributed by atoms with Crippen LogP contribution < -0.4 is 5.32 Å². The Bertz CT molecular complexity index is 813. The fraction of sp³-hybridized carbons (Fsp3) is 0.333. The van der Waals surface area contributed by atoms with Gasteiger partial charge >= 0.3 is 5.97 Å². The van der Waals surface area contributed by atoms with Crippen molar-refractivity contribution in [1.29, 1.82) is 0 Å². The fourth-order valence-corrected chi connectivity index (χ4v) is 3.52. The highest BCUT2D eigenvalue weighted by atomic mass is 19.1. The molecule has 136 valence electrons. The Balaban J connectivity index is 1.79. The smallest absolute Gasteiger partial charge is 0.329 e. The topological polar surface area (TPSA) is 66.4 Å². The van der Waals surface area contributed by atoms with Gasteiger partial charge in [-0.15, -0.1) is 0 Å². The average Bonchev–Trinajstić information content (AvgIpc) is 3.11. The van der Waals surface area contributed by atoms with Crippen LogP contribution in [0.4, 0.5) is 4.39 Å². The number of carbonyl (C=O) groups is 2. The van der Waals surface area contributed by atoms with E-state index in [1.807, 2.05) is 30.3 Å². The zero-order chi connectivity index (χ0) is 18.7. The highest BCUT2D eigenvalue weighted by Crippen LogP contribution is 2.31. The van der Waals surface area contributed by atoms with Crippen molar-refractivity contribution in [3.63, 3.8) is 0 Å². The van der Waals surface area contributed by atoms with Crippen LogP contribution in [0.2, 0.25) is 0 Å². The number of carboxylic acids is 1. The molecule has 0 saturated heterocycles. The third kappa shape index (κ3) is 3.47. The van der Waals surface area contributed by atoms with Crippen molar-refractivity contribution in [3.05, 3.63) is 59.9 Å². The summed E-state index contributed by atoms with van der Waals surface area (Å²) in [6.45, 7) is 1.66. The normalized spacial score (nSPS) is 16.8. The molecule has 1 aliphatic rings. The van der Waals surface area contributed by atoms with E-state index in [4.69, 9.17) is 0 Å². The van der Waals surface area contributed by atoms with E-state index in [-0.39, 0.29) is 5.91 Å². The quantitative estimate of drug-likeness (QED) is 0.848. The second-order valence-electron chi connectivity index (χ2n) is 6.91. The first-order chi connectivity index (χ1) is 12.4. The van der Waals surface area contributed by atoms with Crippen molar-refractivity contribution in [3.8, 4) is 11.1 Å². The second-order valence-corrected chi connectivity index (χ2v) is 6.91. The zero-order valence-corrected chi connectivity index (χ0v) is 14.7. The Morgan fingerprint density at radius 2 is 1.77 bits per heavy atom. The monoisotopic (exact) mass is 355 g/mol. The Morgan fingerprint density at radius 3 is 2.35 bits per heavy atom. The molecule has 2 N–H and O–H groups in total. The molecule has 0 aliphatic heterocycles. The van der Waals surface area contributed by atoms with Crippen LogP contribution in [-0.4, -0.2) is 22.5 Å². The van der Waals surface area contributed by atoms with Gasteiger partial charge in [0, 0.05) is 5.56 Å². The molecule has 0 spiro atoms. The SMILES string of the molecule is C[C@H](C(=O)NC1(C(=O)O)CCCC1)c1ccc(-c2ccccc2)c(F)c1. The van der Waals surface area contributed by atoms with Gasteiger partial charge in [0.1, 0.15) is 11.4 Å². The van der Waals surface area contributed by atoms with Crippen LogP contribution in [-0.2, 0) is 9.59 Å². The minimum absolute atomic E-state index is 0.388. The van der Waals surface area contributed by atoms with Gasteiger partial charge in [-0.3, -0.25) is 4.79 Å². The Morgan fingerprint density at radius 1 is 1.12 bits per heavy atom. The Hall–Kier alpha value is -2.69. The number of hydrogen-bond donors (Lipinski definition) is 2. The van der Waals surface area contributed by atoms with E-state index in [0.29, 0.717) is 24.0 Å². The van der Waals surface area contributed by atoms with Crippen LogP contribution in [0, 0.1) is 5.82 Å². The lowest BCUT2D eigenvalue weighted by Crippen LogP contribution is -2.53. The molecule has 1 aliphatic carbocycles. The van der Waals surface area contributed by atoms with Crippen molar-refractivity contribution < 1.29 is 19.1 Å². The van der Waals surface area contributed by atoms with Gasteiger partial charge in [-0.2, -0.15) is 0 Å². The number of rotatable bonds is 5. The predicted octanol–water partition coefficient (Wildman–Crippen LogP) is 4.11. The first-order valence-electron chi connectivity index (χ1n) is 8.83. The number of nitrogens with one attached hydrogen (secondary N) is 1. The number of amides is 1. The van der Waals surface area contributed by atoms with E-state index in [1.165, 1.54) is 6.07 Å². The highest BCUT2D eigenvalue weighted by molar-refractivity contribution is 5.90. The van der Waals surface area contributed by atoms with Gasteiger partial charge in [0.2, 0.25) is 5.91 Å². The lowest BCUT2D eigenvalue weighted by atomic mass is 9.93. The molecule has 4 nitrogen and oxygen atoms in total. The van der Waals surface area contributed by atoms with Gasteiger partial charge in [0.05, 0.1) is 5.92 Å². The van der Waals surface area contributed by atoms with Crippen molar-refractivity contribution in [1.82, 2.24) is 5.32 Å². The maximum absolute atomic E-state index is 14.5. The summed E-state index contributed by atoms with van der Waals surface area (Å²) in [5.41, 5.74) is 0.579. The largest absolute Gasteiger partial charge is 0.480 e. The standard InChI is InChI=1S/C21H22FNO3/c1-14(19(24)23-21(20(25)26)11-5-6-12-21)16-9-10-17(18(22)13-16)15-7-3-2-4-8-15/h2-4,7-10,13-14H,5-6,11-12H2,1H3,(H,23,24)(H,25,26)/t14-/m0/s1. The van der Waals surface area contributed by atoms with E-state index in [2.05, 4.69) is 5.32 Å². The molecule has 2 aromatic rings. The van der Waals surface area contributed by atoms with Crippen molar-refractivity contribution in [2.24, 2.45) is 0 Å². The van der Waals surface area contributed by atoms with Crippen LogP contribution in [0.15, 0.2) is 48.5 Å². The molecule has 1 saturated carbocycles. The molecule has 5 heteroatoms. The maximum atomic E-state index is 14.5. The fourth-order valence-electron chi connectivity index (χ4n) is 3.52. The summed E-state index contributed by atoms with van der Waals surface area (Å²) >= 11 is 0. The van der Waals surface area contributed by atoms with Crippen LogP contribution in [0.1, 0.15) is 44.1 Å². The number of carboxylic acid groups (broad SMARTS) is 1. The van der Waals surface area contributed by atoms with E-state index in [9.17, 15) is 19.1 Å². The van der Waals surface area contributed by atoms with Crippen molar-refractivity contribution >= 4 is 11.9 Å². The summed E-state index contributed by atoms with van der Waals surface area (Å²) in [5.74, 6) is -2.42. The molecule has 1 fully saturated rings. The number of hydrogen-bond acceptors (Lipinski definition) is 2. The molecule has 2 aromatic carbocycles. The molecule has 0 aromatic heterocycles. The summed E-state index contributed by atoms with van der Waals surface area (Å²) < 4.78 is 14.5. The molecule has 1 atom stereocenters. The molecule has 3 rings (SSSR count). The van der Waals surface area contributed by atoms with E-state index < -0.39 is 23.2 Å². The highest BCUT2D eigenvalue weighted by Gasteiger charge is 2.43. The zero-order valence-electron chi connectivity index (χ0n) is 14.7. The lowest BCUT2D eigenvalue weighted by Gasteiger charge is -2.27. The lowest BCUT2D eigenvalue weighted by molar-refractivity contribution is -0.147. The van der Waals surface area contributed by atoms with E-state index in [0.717, 1.165) is 18.4 Å². The first kappa shape index (κ1) is 18.1. The third-order valence-corrected chi connectivity index (χ3v) is 5.20. The van der Waals surface area contributed by atoms with Crippen LogP contribution in [0.3, 0.4) is 0 Å². The van der Waals surface area contributed by atoms with Gasteiger partial charge < -0.3 is 10.4 Å². The molecule has 0 unspecified atom stereocenters. The van der Waals surface area contributed by atoms with Gasteiger partial charge in [-0.1, -0.05) is 55.3 Å². The molecule has 26 heavy (non-hydrogen) atoms. The van der Waals surface area contributed by atoms with Crippen molar-refractivity contribution in [2.75, 3.05) is 0 Å². The average molecular weight is 355 g/mol. The Labute approximate surface area is 152 Å². The molecular formula is C21H22FNO3. The van der Waals surface area contributed by atoms with Crippen LogP contribution in [0.25, 0.3) is 11.1 Å². The summed E-state index contributed by atoms with van der Waals surface area (Å²) in [6, 6.07) is 13.9. The molecule has 0 heterocycles. The molecule has 0 bridgehead atoms. The van der Waals surface area contributed by atoms with Gasteiger partial charge in [0.15, 0.2) is 0 Å². The van der Waals surface area contributed by atoms with Crippen LogP contribution >= 0.6 is 0 Å². The van der Waals surface area contributed by atoms with Gasteiger partial charge in [-0.05, 0) is 37.0 Å². The number of halogens is 1. The number of carbonyl (C=O) groups excluding carboxylic acids is 1. The second kappa shape index (κ2) is 7.28. The molecular weight excluding hydrogens is 333 g/mol. The predicted molar refractivity (Wildman–Crippen MR) is 97.2 cm³/mol. The van der Waals surface area contributed by atoms with Crippen molar-refractivity contribution in [2.45, 2.75) is 44.1 Å². The van der Waals surface area contributed by atoms with Gasteiger partial charge in [0.25, 0.3) is 0 Å². The van der Waals surface area contributed by atoms with Gasteiger partial charge in [-0.25, -0.2) is 9.18 Å². The third-order valence-electron chi connectivity index (χ3n) is 5.20. The van der Waals surface area contributed by atoms with Crippen LogP contribution in [0.5, 0.6) is 0 Å². The minimum Gasteiger partial charge on any atom is -0.480 e. The summed E-state index contributed by atoms with van der Waals surface area (Å²) in [5, 5.41) is 12.2. The maximum Gasteiger partial charge on any atom is 0.329 e. The molecule has 0 radical (unpaired) electrons. The minimum atomic E-state index is -1.19. The summed E-state index contributed by atoms with van der Waals surface area (Å²) in [7, 11) is 0. The first-order valence-corrected chi connectivity index (χ1v) is 8.83. The number of benzene rings is 2. The number of aliphatic carboxylic acids is 1. The van der Waals surface area contributed by atoms with E-state index in [1.54, 1.807) is 19.1 Å².